The van der Waals surface area contributed by atoms with E-state index < -0.39 is 0 Å². The van der Waals surface area contributed by atoms with Crippen LogP contribution in [0.3, 0.4) is 0 Å². The Morgan fingerprint density at radius 3 is 2.13 bits per heavy atom. The van der Waals surface area contributed by atoms with Gasteiger partial charge in [-0.05, 0) is 25.7 Å². The lowest BCUT2D eigenvalue weighted by Gasteiger charge is -2.05. The lowest BCUT2D eigenvalue weighted by atomic mass is 10.2. The van der Waals surface area contributed by atoms with Crippen LogP contribution in [0.15, 0.2) is 0 Å². The summed E-state index contributed by atoms with van der Waals surface area (Å²) in [6, 6.07) is 0. The Balaban J connectivity index is 2.89. The van der Waals surface area contributed by atoms with Crippen LogP contribution < -0.4 is 5.73 Å². The zero-order valence-corrected chi connectivity index (χ0v) is 10.5. The van der Waals surface area contributed by atoms with Gasteiger partial charge in [0.25, 0.3) is 0 Å². The SMILES string of the molecule is CCCCOCCOCCCCC(N)=S. The minimum atomic E-state index is 0.595. The van der Waals surface area contributed by atoms with Gasteiger partial charge < -0.3 is 15.2 Å². The summed E-state index contributed by atoms with van der Waals surface area (Å²) in [5, 5.41) is 0. The van der Waals surface area contributed by atoms with Crippen molar-refractivity contribution in [3.8, 4) is 0 Å². The number of rotatable bonds is 11. The first kappa shape index (κ1) is 14.8. The highest BCUT2D eigenvalue weighted by molar-refractivity contribution is 7.80. The van der Waals surface area contributed by atoms with Gasteiger partial charge in [-0.25, -0.2) is 0 Å². The first-order valence-corrected chi connectivity index (χ1v) is 6.12. The number of thiocarbonyl (C=S) groups is 1. The molecular weight excluding hydrogens is 210 g/mol. The van der Waals surface area contributed by atoms with E-state index in [1.54, 1.807) is 0 Å². The molecule has 0 atom stereocenters. The first-order valence-electron chi connectivity index (χ1n) is 5.71. The largest absolute Gasteiger partial charge is 0.393 e. The first-order chi connectivity index (χ1) is 7.27. The van der Waals surface area contributed by atoms with Crippen molar-refractivity contribution in [2.75, 3.05) is 26.4 Å². The van der Waals surface area contributed by atoms with Crippen LogP contribution in [0.5, 0.6) is 0 Å². The molecule has 90 valence electrons. The minimum Gasteiger partial charge on any atom is -0.393 e. The third-order valence-corrected chi connectivity index (χ3v) is 2.18. The third-order valence-electron chi connectivity index (χ3n) is 1.98. The van der Waals surface area contributed by atoms with E-state index in [-0.39, 0.29) is 0 Å². The topological polar surface area (TPSA) is 44.5 Å². The predicted octanol–water partition coefficient (Wildman–Crippen LogP) is 2.28. The highest BCUT2D eigenvalue weighted by Gasteiger charge is 1.92. The molecule has 15 heavy (non-hydrogen) atoms. The van der Waals surface area contributed by atoms with Gasteiger partial charge in [-0.1, -0.05) is 25.6 Å². The maximum atomic E-state index is 5.39. The second-order valence-electron chi connectivity index (χ2n) is 3.50. The zero-order valence-electron chi connectivity index (χ0n) is 9.67. The third kappa shape index (κ3) is 13.8. The van der Waals surface area contributed by atoms with E-state index in [0.29, 0.717) is 18.2 Å². The molecule has 0 saturated heterocycles. The van der Waals surface area contributed by atoms with Crippen LogP contribution in [-0.2, 0) is 9.47 Å². The average molecular weight is 233 g/mol. The molecule has 0 aliphatic heterocycles. The monoisotopic (exact) mass is 233 g/mol. The molecule has 0 fully saturated rings. The molecule has 0 aromatic carbocycles. The van der Waals surface area contributed by atoms with Gasteiger partial charge in [0.1, 0.15) is 0 Å². The molecule has 0 saturated carbocycles. The van der Waals surface area contributed by atoms with Gasteiger partial charge in [-0.15, -0.1) is 0 Å². The second-order valence-corrected chi connectivity index (χ2v) is 4.03. The van der Waals surface area contributed by atoms with E-state index in [2.05, 4.69) is 6.92 Å². The Morgan fingerprint density at radius 2 is 1.60 bits per heavy atom. The average Bonchev–Trinajstić information content (AvgIpc) is 2.20. The van der Waals surface area contributed by atoms with Crippen molar-refractivity contribution in [3.63, 3.8) is 0 Å². The van der Waals surface area contributed by atoms with Crippen LogP contribution in [0.1, 0.15) is 39.0 Å². The van der Waals surface area contributed by atoms with Gasteiger partial charge in [-0.3, -0.25) is 0 Å². The highest BCUT2D eigenvalue weighted by Crippen LogP contribution is 1.96. The van der Waals surface area contributed by atoms with Crippen molar-refractivity contribution in [1.82, 2.24) is 0 Å². The van der Waals surface area contributed by atoms with E-state index in [0.717, 1.165) is 38.9 Å². The number of nitrogens with two attached hydrogens (primary N) is 1. The molecule has 4 heteroatoms. The van der Waals surface area contributed by atoms with Crippen LogP contribution in [0, 0.1) is 0 Å². The summed E-state index contributed by atoms with van der Waals surface area (Å²) >= 11 is 4.77. The fraction of sp³-hybridized carbons (Fsp3) is 0.909. The number of unbranched alkanes of at least 4 members (excludes halogenated alkanes) is 2. The molecule has 0 aliphatic carbocycles. The second kappa shape index (κ2) is 11.9. The van der Waals surface area contributed by atoms with Gasteiger partial charge >= 0.3 is 0 Å². The van der Waals surface area contributed by atoms with Gasteiger partial charge in [0.2, 0.25) is 0 Å². The lowest BCUT2D eigenvalue weighted by Crippen LogP contribution is -2.09. The molecule has 0 aliphatic rings. The summed E-state index contributed by atoms with van der Waals surface area (Å²) in [7, 11) is 0. The number of ether oxygens (including phenoxy) is 2. The summed E-state index contributed by atoms with van der Waals surface area (Å²) in [5.74, 6) is 0. The molecule has 0 aromatic rings. The Morgan fingerprint density at radius 1 is 1.00 bits per heavy atom. The van der Waals surface area contributed by atoms with Crippen molar-refractivity contribution in [3.05, 3.63) is 0 Å². The molecule has 3 nitrogen and oxygen atoms in total. The van der Waals surface area contributed by atoms with Gasteiger partial charge in [0.05, 0.1) is 18.2 Å². The van der Waals surface area contributed by atoms with E-state index in [1.807, 2.05) is 0 Å². The molecule has 0 amide bonds. The standard InChI is InChI=1S/C11H23NO2S/c1-2-3-7-13-9-10-14-8-5-4-6-11(12)15/h2-10H2,1H3,(H2,12,15). The molecule has 0 rings (SSSR count). The summed E-state index contributed by atoms with van der Waals surface area (Å²) in [6.45, 7) is 5.18. The summed E-state index contributed by atoms with van der Waals surface area (Å²) in [4.78, 5) is 0.595. The summed E-state index contributed by atoms with van der Waals surface area (Å²) in [6.07, 6.45) is 5.18. The van der Waals surface area contributed by atoms with Crippen molar-refractivity contribution in [2.45, 2.75) is 39.0 Å². The fourth-order valence-corrected chi connectivity index (χ4v) is 1.22. The summed E-state index contributed by atoms with van der Waals surface area (Å²) < 4.78 is 10.7. The lowest BCUT2D eigenvalue weighted by molar-refractivity contribution is 0.0456. The molecule has 0 bridgehead atoms. The molecule has 0 unspecified atom stereocenters. The Hall–Kier alpha value is -0.190. The maximum absolute atomic E-state index is 5.39. The smallest absolute Gasteiger partial charge is 0.0727 e. The zero-order chi connectivity index (χ0) is 11.4. The highest BCUT2D eigenvalue weighted by atomic mass is 32.1. The van der Waals surface area contributed by atoms with Crippen molar-refractivity contribution >= 4 is 17.2 Å². The van der Waals surface area contributed by atoms with Crippen molar-refractivity contribution < 1.29 is 9.47 Å². The molecular formula is C11H23NO2S. The van der Waals surface area contributed by atoms with Gasteiger partial charge in [0, 0.05) is 13.2 Å². The molecule has 0 spiro atoms. The predicted molar refractivity (Wildman–Crippen MR) is 67.2 cm³/mol. The number of hydrogen-bond donors (Lipinski definition) is 1. The van der Waals surface area contributed by atoms with E-state index in [4.69, 9.17) is 27.4 Å². The van der Waals surface area contributed by atoms with E-state index in [9.17, 15) is 0 Å². The van der Waals surface area contributed by atoms with Crippen LogP contribution in [0.4, 0.5) is 0 Å². The maximum Gasteiger partial charge on any atom is 0.0727 e. The summed E-state index contributed by atoms with van der Waals surface area (Å²) in [5.41, 5.74) is 5.37. The molecule has 0 radical (unpaired) electrons. The Kier molecular flexibility index (Phi) is 11.7. The van der Waals surface area contributed by atoms with Crippen molar-refractivity contribution in [1.29, 1.82) is 0 Å². The van der Waals surface area contributed by atoms with Gasteiger partial charge in [-0.2, -0.15) is 0 Å². The minimum absolute atomic E-state index is 0.595. The fourth-order valence-electron chi connectivity index (χ4n) is 1.07. The van der Waals surface area contributed by atoms with Crippen LogP contribution in [-0.4, -0.2) is 31.4 Å². The van der Waals surface area contributed by atoms with E-state index in [1.165, 1.54) is 6.42 Å². The number of hydrogen-bond acceptors (Lipinski definition) is 3. The normalized spacial score (nSPS) is 10.5. The van der Waals surface area contributed by atoms with Crippen LogP contribution in [0.25, 0.3) is 0 Å². The molecule has 2 N–H and O–H groups in total. The Labute approximate surface area is 98.3 Å². The molecule has 0 heterocycles. The van der Waals surface area contributed by atoms with E-state index >= 15 is 0 Å². The molecule has 0 aromatic heterocycles. The van der Waals surface area contributed by atoms with Crippen molar-refractivity contribution in [2.24, 2.45) is 5.73 Å². The van der Waals surface area contributed by atoms with Crippen LogP contribution in [0.2, 0.25) is 0 Å². The quantitative estimate of drug-likeness (QED) is 0.439. The van der Waals surface area contributed by atoms with Gasteiger partial charge in [0.15, 0.2) is 0 Å². The Bertz CT molecular complexity index is 154. The van der Waals surface area contributed by atoms with Crippen LogP contribution >= 0.6 is 12.2 Å².